The Morgan fingerprint density at radius 2 is 1.65 bits per heavy atom. The van der Waals surface area contributed by atoms with Crippen molar-refractivity contribution < 1.29 is 0 Å². The minimum Gasteiger partial charge on any atom is -0.303 e. The fourth-order valence-corrected chi connectivity index (χ4v) is 3.79. The highest BCUT2D eigenvalue weighted by molar-refractivity contribution is 4.84. The zero-order chi connectivity index (χ0) is 15.4. The molecule has 0 aromatic carbocycles. The Hall–Kier alpha value is -0.0800. The molecule has 0 N–H and O–H groups in total. The van der Waals surface area contributed by atoms with Gasteiger partial charge in [0.25, 0.3) is 0 Å². The molecule has 0 bridgehead atoms. The summed E-state index contributed by atoms with van der Waals surface area (Å²) in [6.07, 6.45) is 2.78. The van der Waals surface area contributed by atoms with E-state index < -0.39 is 0 Å². The third-order valence-corrected chi connectivity index (χ3v) is 4.46. The van der Waals surface area contributed by atoms with Crippen LogP contribution in [0.1, 0.15) is 61.3 Å². The van der Waals surface area contributed by atoms with Gasteiger partial charge in [-0.3, -0.25) is 0 Å². The number of nitrogens with zero attached hydrogens (tertiary/aromatic N) is 2. The molecule has 0 radical (unpaired) electrons. The lowest BCUT2D eigenvalue weighted by Crippen LogP contribution is -2.36. The summed E-state index contributed by atoms with van der Waals surface area (Å²) in [5.74, 6) is 0.905. The predicted octanol–water partition coefficient (Wildman–Crippen LogP) is 4.11. The molecular weight excluding hydrogens is 244 g/mol. The van der Waals surface area contributed by atoms with Gasteiger partial charge in [0.15, 0.2) is 0 Å². The van der Waals surface area contributed by atoms with Gasteiger partial charge >= 0.3 is 0 Å². The van der Waals surface area contributed by atoms with Gasteiger partial charge in [-0.05, 0) is 49.2 Å². The molecule has 1 heterocycles. The zero-order valence-electron chi connectivity index (χ0n) is 15.1. The van der Waals surface area contributed by atoms with Crippen LogP contribution in [0.2, 0.25) is 0 Å². The summed E-state index contributed by atoms with van der Waals surface area (Å²) in [6, 6.07) is 0. The van der Waals surface area contributed by atoms with Crippen molar-refractivity contribution in [2.24, 2.45) is 16.7 Å². The molecule has 1 fully saturated rings. The lowest BCUT2D eigenvalue weighted by molar-refractivity contribution is 0.155. The first-order chi connectivity index (χ1) is 9.15. The van der Waals surface area contributed by atoms with Gasteiger partial charge in [-0.1, -0.05) is 48.5 Å². The van der Waals surface area contributed by atoms with Crippen molar-refractivity contribution in [1.82, 2.24) is 9.80 Å². The van der Waals surface area contributed by atoms with Crippen LogP contribution in [-0.2, 0) is 0 Å². The van der Waals surface area contributed by atoms with Crippen LogP contribution in [0.25, 0.3) is 0 Å². The van der Waals surface area contributed by atoms with Gasteiger partial charge in [0.1, 0.15) is 0 Å². The summed E-state index contributed by atoms with van der Waals surface area (Å²) in [4.78, 5) is 5.25. The topological polar surface area (TPSA) is 6.48 Å². The minimum atomic E-state index is 0.436. The summed E-state index contributed by atoms with van der Waals surface area (Å²) >= 11 is 0. The molecule has 1 aliphatic rings. The third-order valence-electron chi connectivity index (χ3n) is 4.46. The summed E-state index contributed by atoms with van der Waals surface area (Å²) in [7, 11) is 0. The summed E-state index contributed by atoms with van der Waals surface area (Å²) in [5, 5.41) is 0. The largest absolute Gasteiger partial charge is 0.303 e. The van der Waals surface area contributed by atoms with Crippen molar-refractivity contribution in [1.29, 1.82) is 0 Å². The van der Waals surface area contributed by atoms with Crippen LogP contribution in [0.5, 0.6) is 0 Å². The molecule has 1 aliphatic heterocycles. The molecule has 1 unspecified atom stereocenters. The molecule has 0 saturated carbocycles. The molecule has 1 atom stereocenters. The SMILES string of the molecule is CCN(CC)CC(C)(C)CC1CCN(CC(C)(C)C)C1. The van der Waals surface area contributed by atoms with Gasteiger partial charge in [-0.2, -0.15) is 0 Å². The lowest BCUT2D eigenvalue weighted by Gasteiger charge is -2.33. The van der Waals surface area contributed by atoms with E-state index in [0.29, 0.717) is 10.8 Å². The molecule has 0 spiro atoms. The molecule has 120 valence electrons. The fraction of sp³-hybridized carbons (Fsp3) is 1.00. The van der Waals surface area contributed by atoms with E-state index in [0.717, 1.165) is 5.92 Å². The van der Waals surface area contributed by atoms with E-state index in [1.165, 1.54) is 52.1 Å². The first kappa shape index (κ1) is 18.0. The molecule has 20 heavy (non-hydrogen) atoms. The monoisotopic (exact) mass is 282 g/mol. The van der Waals surface area contributed by atoms with Gasteiger partial charge in [0, 0.05) is 19.6 Å². The first-order valence-corrected chi connectivity index (χ1v) is 8.60. The molecule has 0 aliphatic carbocycles. The average Bonchev–Trinajstić information content (AvgIpc) is 2.69. The Kier molecular flexibility index (Phi) is 6.53. The Labute approximate surface area is 127 Å². The molecule has 2 heteroatoms. The standard InChI is InChI=1S/C18H38N2/c1-8-19(9-2)15-18(6,7)12-16-10-11-20(13-16)14-17(3,4)5/h16H,8-15H2,1-7H3. The van der Waals surface area contributed by atoms with Crippen LogP contribution < -0.4 is 0 Å². The molecule has 0 amide bonds. The Balaban J connectivity index is 2.41. The summed E-state index contributed by atoms with van der Waals surface area (Å²) in [6.45, 7) is 24.0. The second-order valence-corrected chi connectivity index (χ2v) is 8.78. The van der Waals surface area contributed by atoms with Crippen molar-refractivity contribution in [3.8, 4) is 0 Å². The second-order valence-electron chi connectivity index (χ2n) is 8.78. The lowest BCUT2D eigenvalue weighted by atomic mass is 9.82. The maximum Gasteiger partial charge on any atom is 0.00326 e. The van der Waals surface area contributed by atoms with Gasteiger partial charge in [0.2, 0.25) is 0 Å². The highest BCUT2D eigenvalue weighted by Gasteiger charge is 2.31. The first-order valence-electron chi connectivity index (χ1n) is 8.60. The van der Waals surface area contributed by atoms with Crippen molar-refractivity contribution >= 4 is 0 Å². The van der Waals surface area contributed by atoms with Crippen molar-refractivity contribution in [3.05, 3.63) is 0 Å². The molecule has 0 aromatic heterocycles. The Morgan fingerprint density at radius 1 is 1.05 bits per heavy atom. The third kappa shape index (κ3) is 6.58. The summed E-state index contributed by atoms with van der Waals surface area (Å²) in [5.41, 5.74) is 0.889. The normalized spacial score (nSPS) is 21.9. The maximum absolute atomic E-state index is 2.68. The quantitative estimate of drug-likeness (QED) is 0.693. The van der Waals surface area contributed by atoms with Gasteiger partial charge in [-0.25, -0.2) is 0 Å². The number of hydrogen-bond donors (Lipinski definition) is 0. The van der Waals surface area contributed by atoms with Crippen LogP contribution in [0.3, 0.4) is 0 Å². The van der Waals surface area contributed by atoms with Crippen LogP contribution >= 0.6 is 0 Å². The Morgan fingerprint density at radius 3 is 2.15 bits per heavy atom. The molecule has 2 nitrogen and oxygen atoms in total. The molecule has 1 saturated heterocycles. The van der Waals surface area contributed by atoms with E-state index in [2.05, 4.69) is 58.3 Å². The second kappa shape index (κ2) is 7.26. The van der Waals surface area contributed by atoms with E-state index in [1.54, 1.807) is 0 Å². The van der Waals surface area contributed by atoms with E-state index >= 15 is 0 Å². The maximum atomic E-state index is 2.68. The van der Waals surface area contributed by atoms with Gasteiger partial charge in [0.05, 0.1) is 0 Å². The van der Waals surface area contributed by atoms with Crippen LogP contribution in [0.15, 0.2) is 0 Å². The fourth-order valence-electron chi connectivity index (χ4n) is 3.79. The number of likely N-dealkylation sites (tertiary alicyclic amines) is 1. The average molecular weight is 283 g/mol. The number of rotatable bonds is 7. The van der Waals surface area contributed by atoms with E-state index in [1.807, 2.05) is 0 Å². The van der Waals surface area contributed by atoms with E-state index in [-0.39, 0.29) is 0 Å². The van der Waals surface area contributed by atoms with Crippen LogP contribution in [0.4, 0.5) is 0 Å². The molecule has 0 aromatic rings. The minimum absolute atomic E-state index is 0.436. The van der Waals surface area contributed by atoms with E-state index in [4.69, 9.17) is 0 Å². The van der Waals surface area contributed by atoms with Gasteiger partial charge < -0.3 is 9.80 Å². The van der Waals surface area contributed by atoms with Crippen molar-refractivity contribution in [2.75, 3.05) is 39.3 Å². The van der Waals surface area contributed by atoms with Gasteiger partial charge in [-0.15, -0.1) is 0 Å². The Bertz CT molecular complexity index is 274. The van der Waals surface area contributed by atoms with Crippen molar-refractivity contribution in [3.63, 3.8) is 0 Å². The summed E-state index contributed by atoms with van der Waals surface area (Å²) < 4.78 is 0. The highest BCUT2D eigenvalue weighted by Crippen LogP contribution is 2.32. The van der Waals surface area contributed by atoms with Crippen molar-refractivity contribution in [2.45, 2.75) is 61.3 Å². The van der Waals surface area contributed by atoms with Crippen LogP contribution in [-0.4, -0.2) is 49.1 Å². The smallest absolute Gasteiger partial charge is 0.00326 e. The van der Waals surface area contributed by atoms with Crippen LogP contribution in [0, 0.1) is 16.7 Å². The predicted molar refractivity (Wildman–Crippen MR) is 90.2 cm³/mol. The molecular formula is C18H38N2. The highest BCUT2D eigenvalue weighted by atomic mass is 15.2. The number of hydrogen-bond acceptors (Lipinski definition) is 2. The zero-order valence-corrected chi connectivity index (χ0v) is 15.1. The van der Waals surface area contributed by atoms with E-state index in [9.17, 15) is 0 Å². The molecule has 1 rings (SSSR count).